The third-order valence-corrected chi connectivity index (χ3v) is 10.2. The lowest BCUT2D eigenvalue weighted by Crippen LogP contribution is -2.42. The Morgan fingerprint density at radius 3 is 1.94 bits per heavy atom. The number of hydrogen-bond donors (Lipinski definition) is 0. The number of benzene rings is 4. The van der Waals surface area contributed by atoms with Crippen LogP contribution >= 0.6 is 0 Å². The third-order valence-electron chi connectivity index (χ3n) is 8.34. The van der Waals surface area contributed by atoms with Gasteiger partial charge in [0, 0.05) is 68.2 Å². The highest BCUT2D eigenvalue weighted by molar-refractivity contribution is 7.89. The zero-order valence-corrected chi connectivity index (χ0v) is 27.9. The number of methoxy groups -OCH3 is 2. The highest BCUT2D eigenvalue weighted by Gasteiger charge is 2.33. The van der Waals surface area contributed by atoms with Crippen LogP contribution in [0.25, 0.3) is 10.8 Å². The van der Waals surface area contributed by atoms with Crippen molar-refractivity contribution in [2.75, 3.05) is 58.5 Å². The summed E-state index contributed by atoms with van der Waals surface area (Å²) >= 11 is 0. The number of aryl methyl sites for hydroxylation is 2. The number of amides is 3. The maximum absolute atomic E-state index is 14.0. The average Bonchev–Trinajstić information content (AvgIpc) is 3.07. The number of ether oxygens (including phenoxy) is 2. The van der Waals surface area contributed by atoms with Gasteiger partial charge in [-0.25, -0.2) is 8.42 Å². The lowest BCUT2D eigenvalue weighted by Gasteiger charge is -2.29. The van der Waals surface area contributed by atoms with Crippen molar-refractivity contribution >= 4 is 44.2 Å². The summed E-state index contributed by atoms with van der Waals surface area (Å²) in [6.45, 7) is 4.99. The Hall–Kier alpha value is -4.42. The van der Waals surface area contributed by atoms with Crippen LogP contribution in [0, 0.1) is 13.8 Å². The summed E-state index contributed by atoms with van der Waals surface area (Å²) in [7, 11) is -0.856. The van der Waals surface area contributed by atoms with Crippen LogP contribution in [0.2, 0.25) is 0 Å². The number of hydrogen-bond acceptors (Lipinski definition) is 7. The molecule has 1 aliphatic heterocycles. The van der Waals surface area contributed by atoms with Crippen molar-refractivity contribution in [3.8, 4) is 0 Å². The van der Waals surface area contributed by atoms with Crippen LogP contribution < -0.4 is 4.90 Å². The highest BCUT2D eigenvalue weighted by Crippen LogP contribution is 2.30. The van der Waals surface area contributed by atoms with Crippen molar-refractivity contribution in [1.29, 1.82) is 0 Å². The third kappa shape index (κ3) is 6.98. The largest absolute Gasteiger partial charge is 0.383 e. The van der Waals surface area contributed by atoms with Gasteiger partial charge in [-0.1, -0.05) is 42.0 Å². The van der Waals surface area contributed by atoms with Gasteiger partial charge < -0.3 is 14.4 Å². The molecule has 0 atom stereocenters. The van der Waals surface area contributed by atoms with Gasteiger partial charge in [0.1, 0.15) is 0 Å². The molecule has 3 amide bonds. The molecule has 47 heavy (non-hydrogen) atoms. The normalized spacial score (nSPS) is 13.1. The lowest BCUT2D eigenvalue weighted by molar-refractivity contribution is 0.0609. The van der Waals surface area contributed by atoms with Crippen molar-refractivity contribution in [2.45, 2.75) is 25.2 Å². The molecule has 246 valence electrons. The van der Waals surface area contributed by atoms with E-state index in [9.17, 15) is 22.8 Å². The molecule has 0 fully saturated rings. The van der Waals surface area contributed by atoms with Gasteiger partial charge in [-0.2, -0.15) is 4.31 Å². The number of carbonyl (C=O) groups is 3. The maximum Gasteiger partial charge on any atom is 0.261 e. The monoisotopic (exact) mass is 657 g/mol. The van der Waals surface area contributed by atoms with E-state index in [0.717, 1.165) is 16.5 Å². The molecule has 0 unspecified atom stereocenters. The van der Waals surface area contributed by atoms with Gasteiger partial charge in [0.15, 0.2) is 0 Å². The van der Waals surface area contributed by atoms with Gasteiger partial charge in [0.2, 0.25) is 10.0 Å². The zero-order chi connectivity index (χ0) is 33.7. The zero-order valence-electron chi connectivity index (χ0n) is 27.1. The van der Waals surface area contributed by atoms with Crippen molar-refractivity contribution in [1.82, 2.24) is 9.21 Å². The van der Waals surface area contributed by atoms with Gasteiger partial charge in [-0.05, 0) is 73.7 Å². The van der Waals surface area contributed by atoms with Crippen molar-refractivity contribution in [3.63, 3.8) is 0 Å². The fourth-order valence-corrected chi connectivity index (χ4v) is 7.33. The number of rotatable bonds is 14. The van der Waals surface area contributed by atoms with E-state index in [2.05, 4.69) is 0 Å². The number of carbonyl (C=O) groups excluding carboxylic acids is 3. The predicted octanol–water partition coefficient (Wildman–Crippen LogP) is 5.07. The molecule has 0 saturated carbocycles. The Labute approximate surface area is 275 Å². The van der Waals surface area contributed by atoms with Crippen molar-refractivity contribution in [3.05, 3.63) is 107 Å². The Kier molecular flexibility index (Phi) is 10.5. The topological polar surface area (TPSA) is 114 Å². The highest BCUT2D eigenvalue weighted by atomic mass is 32.2. The number of nitrogens with zero attached hydrogens (tertiary/aromatic N) is 3. The minimum Gasteiger partial charge on any atom is -0.383 e. The Bertz CT molecular complexity index is 1850. The first-order chi connectivity index (χ1) is 22.6. The summed E-state index contributed by atoms with van der Waals surface area (Å²) in [6.07, 6.45) is 0.328. The fraction of sp³-hybridized carbons (Fsp3) is 0.306. The van der Waals surface area contributed by atoms with Gasteiger partial charge in [0.05, 0.1) is 18.1 Å². The number of imide groups is 1. The minimum absolute atomic E-state index is 0.0525. The minimum atomic E-state index is -3.87. The quantitative estimate of drug-likeness (QED) is 0.174. The van der Waals surface area contributed by atoms with Gasteiger partial charge in [-0.3, -0.25) is 19.3 Å². The molecule has 0 aliphatic carbocycles. The molecule has 1 aliphatic rings. The molecule has 0 aromatic heterocycles. The van der Waals surface area contributed by atoms with E-state index in [-0.39, 0.29) is 62.0 Å². The summed E-state index contributed by atoms with van der Waals surface area (Å²) in [5.74, 6) is -1.04. The Balaban J connectivity index is 1.38. The van der Waals surface area contributed by atoms with Crippen LogP contribution in [0.15, 0.2) is 83.8 Å². The van der Waals surface area contributed by atoms with Crippen LogP contribution in [0.5, 0.6) is 0 Å². The number of sulfonamides is 1. The molecule has 0 spiro atoms. The van der Waals surface area contributed by atoms with E-state index in [1.54, 1.807) is 29.2 Å². The van der Waals surface area contributed by atoms with E-state index in [4.69, 9.17) is 9.47 Å². The summed E-state index contributed by atoms with van der Waals surface area (Å²) in [6, 6.07) is 22.5. The molecule has 1 heterocycles. The SMILES string of the molecule is COCCN(CCOC)S(=O)(=O)c1ccc(C(=O)N(CCCN2C(=O)c3cccc4cccc(c34)C2=O)c2ccc(C)cc2C)cc1. The summed E-state index contributed by atoms with van der Waals surface area (Å²) < 4.78 is 38.3. The van der Waals surface area contributed by atoms with Crippen LogP contribution in [0.1, 0.15) is 48.6 Å². The van der Waals surface area contributed by atoms with Gasteiger partial charge in [0.25, 0.3) is 17.7 Å². The molecular formula is C36H39N3O7S. The first-order valence-electron chi connectivity index (χ1n) is 15.4. The molecule has 10 nitrogen and oxygen atoms in total. The van der Waals surface area contributed by atoms with E-state index < -0.39 is 10.0 Å². The standard InChI is InChI=1S/C36H39N3O7S/c1-25-12-17-32(26(2)24-25)38(18-7-19-39-35(41)30-10-5-8-27-9-6-11-31(33(27)30)36(39)42)34(40)28-13-15-29(16-14-28)47(43,44)37(20-22-45-3)21-23-46-4/h5-6,8-17,24H,7,18-23H2,1-4H3. The molecule has 5 rings (SSSR count). The van der Waals surface area contributed by atoms with Crippen LogP contribution in [-0.4, -0.2) is 89.0 Å². The van der Waals surface area contributed by atoms with E-state index >= 15 is 0 Å². The van der Waals surface area contributed by atoms with Gasteiger partial charge >= 0.3 is 0 Å². The molecule has 0 radical (unpaired) electrons. The maximum atomic E-state index is 14.0. The fourth-order valence-electron chi connectivity index (χ4n) is 5.92. The predicted molar refractivity (Wildman–Crippen MR) is 180 cm³/mol. The Morgan fingerprint density at radius 2 is 1.38 bits per heavy atom. The molecule has 4 aromatic rings. The molecule has 0 saturated heterocycles. The lowest BCUT2D eigenvalue weighted by atomic mass is 9.94. The van der Waals surface area contributed by atoms with Crippen LogP contribution in [0.4, 0.5) is 5.69 Å². The summed E-state index contributed by atoms with van der Waals surface area (Å²) in [5, 5.41) is 1.50. The summed E-state index contributed by atoms with van der Waals surface area (Å²) in [4.78, 5) is 43.9. The first-order valence-corrected chi connectivity index (χ1v) is 16.9. The van der Waals surface area contributed by atoms with Crippen molar-refractivity contribution in [2.24, 2.45) is 0 Å². The second-order valence-corrected chi connectivity index (χ2v) is 13.4. The van der Waals surface area contributed by atoms with Crippen molar-refractivity contribution < 1.29 is 32.3 Å². The Morgan fingerprint density at radius 1 is 0.787 bits per heavy atom. The van der Waals surface area contributed by atoms with E-state index in [1.165, 1.54) is 47.7 Å². The smallest absolute Gasteiger partial charge is 0.261 e. The molecule has 0 N–H and O–H groups in total. The molecule has 0 bridgehead atoms. The van der Waals surface area contributed by atoms with Crippen LogP contribution in [-0.2, 0) is 19.5 Å². The molecular weight excluding hydrogens is 618 g/mol. The number of anilines is 1. The molecule has 4 aromatic carbocycles. The first kappa shape index (κ1) is 33.9. The second-order valence-electron chi connectivity index (χ2n) is 11.5. The van der Waals surface area contributed by atoms with Crippen LogP contribution in [0.3, 0.4) is 0 Å². The van der Waals surface area contributed by atoms with E-state index in [0.29, 0.717) is 34.2 Å². The molecule has 11 heteroatoms. The average molecular weight is 658 g/mol. The van der Waals surface area contributed by atoms with E-state index in [1.807, 2.05) is 44.2 Å². The van der Waals surface area contributed by atoms with Gasteiger partial charge in [-0.15, -0.1) is 0 Å². The second kappa shape index (κ2) is 14.6. The summed E-state index contributed by atoms with van der Waals surface area (Å²) in [5.41, 5.74) is 3.88.